The molecule has 1 aromatic rings. The van der Waals surface area contributed by atoms with Gasteiger partial charge >= 0.3 is 6.18 Å². The molecule has 0 aromatic heterocycles. The molecule has 2 rings (SSSR count). The van der Waals surface area contributed by atoms with Crippen LogP contribution >= 0.6 is 0 Å². The zero-order valence-corrected chi connectivity index (χ0v) is 9.24. The highest BCUT2D eigenvalue weighted by atomic mass is 19.4. The van der Waals surface area contributed by atoms with Crippen LogP contribution < -0.4 is 4.90 Å². The SMILES string of the molecule is O[C@H]1CCCN(c2ccccc2C(F)(F)F)C1. The number of β-amino-alcohol motifs (C(OH)–C–C–N with tert-alkyl or cyclic N) is 1. The lowest BCUT2D eigenvalue weighted by Gasteiger charge is -2.33. The van der Waals surface area contributed by atoms with Crippen molar-refractivity contribution in [3.8, 4) is 0 Å². The van der Waals surface area contributed by atoms with Crippen LogP contribution in [0.4, 0.5) is 18.9 Å². The summed E-state index contributed by atoms with van der Waals surface area (Å²) in [5.41, 5.74) is -0.465. The molecule has 0 amide bonds. The Morgan fingerprint density at radius 1 is 1.24 bits per heavy atom. The lowest BCUT2D eigenvalue weighted by Crippen LogP contribution is -2.39. The molecule has 94 valence electrons. The average Bonchev–Trinajstić information content (AvgIpc) is 2.28. The van der Waals surface area contributed by atoms with Gasteiger partial charge in [0.1, 0.15) is 0 Å². The zero-order valence-electron chi connectivity index (χ0n) is 9.24. The maximum atomic E-state index is 12.8. The Morgan fingerprint density at radius 3 is 2.59 bits per heavy atom. The van der Waals surface area contributed by atoms with Gasteiger partial charge in [-0.2, -0.15) is 13.2 Å². The molecule has 17 heavy (non-hydrogen) atoms. The predicted molar refractivity (Wildman–Crippen MR) is 58.9 cm³/mol. The van der Waals surface area contributed by atoms with Crippen molar-refractivity contribution in [3.63, 3.8) is 0 Å². The molecule has 0 radical (unpaired) electrons. The van der Waals surface area contributed by atoms with Crippen molar-refractivity contribution in [2.24, 2.45) is 0 Å². The van der Waals surface area contributed by atoms with Gasteiger partial charge in [-0.25, -0.2) is 0 Å². The van der Waals surface area contributed by atoms with Crippen LogP contribution in [0.1, 0.15) is 18.4 Å². The number of halogens is 3. The fraction of sp³-hybridized carbons (Fsp3) is 0.500. The highest BCUT2D eigenvalue weighted by Crippen LogP contribution is 2.37. The van der Waals surface area contributed by atoms with E-state index >= 15 is 0 Å². The summed E-state index contributed by atoms with van der Waals surface area (Å²) >= 11 is 0. The van der Waals surface area contributed by atoms with Gasteiger partial charge in [-0.1, -0.05) is 12.1 Å². The Balaban J connectivity index is 2.31. The van der Waals surface area contributed by atoms with Crippen molar-refractivity contribution in [2.45, 2.75) is 25.1 Å². The number of alkyl halides is 3. The molecular formula is C12H14F3NO. The number of piperidine rings is 1. The lowest BCUT2D eigenvalue weighted by atomic mass is 10.1. The van der Waals surface area contributed by atoms with Crippen molar-refractivity contribution in [2.75, 3.05) is 18.0 Å². The van der Waals surface area contributed by atoms with Crippen LogP contribution in [0.5, 0.6) is 0 Å². The van der Waals surface area contributed by atoms with Crippen LogP contribution in [0.15, 0.2) is 24.3 Å². The molecule has 1 N–H and O–H groups in total. The Hall–Kier alpha value is -1.23. The standard InChI is InChI=1S/C12H14F3NO/c13-12(14,15)10-5-1-2-6-11(10)16-7-3-4-9(17)8-16/h1-2,5-6,9,17H,3-4,7-8H2/t9-/m0/s1. The normalized spacial score (nSPS) is 21.6. The quantitative estimate of drug-likeness (QED) is 0.822. The molecule has 0 aliphatic carbocycles. The molecule has 1 aliphatic heterocycles. The molecule has 0 unspecified atom stereocenters. The Morgan fingerprint density at radius 2 is 1.94 bits per heavy atom. The van der Waals surface area contributed by atoms with Gasteiger partial charge < -0.3 is 10.0 Å². The van der Waals surface area contributed by atoms with Crippen molar-refractivity contribution in [3.05, 3.63) is 29.8 Å². The number of hydrogen-bond donors (Lipinski definition) is 1. The number of rotatable bonds is 1. The van der Waals surface area contributed by atoms with Crippen LogP contribution in [0.3, 0.4) is 0 Å². The molecule has 5 heteroatoms. The van der Waals surface area contributed by atoms with Crippen molar-refractivity contribution in [1.82, 2.24) is 0 Å². The molecule has 1 heterocycles. The second-order valence-electron chi connectivity index (χ2n) is 4.26. The smallest absolute Gasteiger partial charge is 0.391 e. The van der Waals surface area contributed by atoms with E-state index in [0.29, 0.717) is 19.4 Å². The summed E-state index contributed by atoms with van der Waals surface area (Å²) in [6.45, 7) is 0.831. The molecule has 1 aromatic carbocycles. The van der Waals surface area contributed by atoms with Crippen LogP contribution in [-0.2, 0) is 6.18 Å². The lowest BCUT2D eigenvalue weighted by molar-refractivity contribution is -0.137. The van der Waals surface area contributed by atoms with E-state index in [-0.39, 0.29) is 12.2 Å². The highest BCUT2D eigenvalue weighted by Gasteiger charge is 2.35. The first kappa shape index (κ1) is 12.2. The highest BCUT2D eigenvalue weighted by molar-refractivity contribution is 5.55. The van der Waals surface area contributed by atoms with Crippen LogP contribution in [0, 0.1) is 0 Å². The number of hydrogen-bond acceptors (Lipinski definition) is 2. The van der Waals surface area contributed by atoms with Gasteiger partial charge in [-0.15, -0.1) is 0 Å². The second kappa shape index (κ2) is 4.56. The second-order valence-corrected chi connectivity index (χ2v) is 4.26. The molecule has 2 nitrogen and oxygen atoms in total. The van der Waals surface area contributed by atoms with E-state index in [0.717, 1.165) is 6.07 Å². The fourth-order valence-electron chi connectivity index (χ4n) is 2.16. The minimum absolute atomic E-state index is 0.166. The van der Waals surface area contributed by atoms with E-state index in [9.17, 15) is 18.3 Å². The number of anilines is 1. The molecule has 1 aliphatic rings. The Kier molecular flexibility index (Phi) is 3.28. The van der Waals surface area contributed by atoms with Crippen molar-refractivity contribution in [1.29, 1.82) is 0 Å². The van der Waals surface area contributed by atoms with Gasteiger partial charge in [0, 0.05) is 18.8 Å². The fourth-order valence-corrected chi connectivity index (χ4v) is 2.16. The maximum Gasteiger partial charge on any atom is 0.418 e. The largest absolute Gasteiger partial charge is 0.418 e. The van der Waals surface area contributed by atoms with Gasteiger partial charge in [0.2, 0.25) is 0 Å². The van der Waals surface area contributed by atoms with Crippen LogP contribution in [-0.4, -0.2) is 24.3 Å². The van der Waals surface area contributed by atoms with Gasteiger partial charge in [0.15, 0.2) is 0 Å². The van der Waals surface area contributed by atoms with E-state index in [2.05, 4.69) is 0 Å². The molecule has 1 fully saturated rings. The number of para-hydroxylation sites is 1. The van der Waals surface area contributed by atoms with E-state index in [1.807, 2.05) is 0 Å². The monoisotopic (exact) mass is 245 g/mol. The van der Waals surface area contributed by atoms with E-state index < -0.39 is 17.8 Å². The van der Waals surface area contributed by atoms with E-state index in [1.165, 1.54) is 12.1 Å². The van der Waals surface area contributed by atoms with Crippen LogP contribution in [0.2, 0.25) is 0 Å². The topological polar surface area (TPSA) is 23.5 Å². The molecule has 0 saturated carbocycles. The summed E-state index contributed by atoms with van der Waals surface area (Å²) in [5.74, 6) is 0. The zero-order chi connectivity index (χ0) is 12.5. The first-order valence-electron chi connectivity index (χ1n) is 5.58. The molecule has 0 bridgehead atoms. The summed E-state index contributed by atoms with van der Waals surface area (Å²) < 4.78 is 38.4. The maximum absolute atomic E-state index is 12.8. The van der Waals surface area contributed by atoms with Gasteiger partial charge in [0.05, 0.1) is 11.7 Å². The molecular weight excluding hydrogens is 231 g/mol. The average molecular weight is 245 g/mol. The van der Waals surface area contributed by atoms with E-state index in [4.69, 9.17) is 0 Å². The van der Waals surface area contributed by atoms with Gasteiger partial charge in [-0.3, -0.25) is 0 Å². The third-order valence-corrected chi connectivity index (χ3v) is 2.95. The van der Waals surface area contributed by atoms with Gasteiger partial charge in [-0.05, 0) is 25.0 Å². The first-order valence-corrected chi connectivity index (χ1v) is 5.58. The number of nitrogens with zero attached hydrogens (tertiary/aromatic N) is 1. The summed E-state index contributed by atoms with van der Waals surface area (Å²) in [4.78, 5) is 1.61. The first-order chi connectivity index (χ1) is 7.98. The predicted octanol–water partition coefficient (Wildman–Crippen LogP) is 2.67. The summed E-state index contributed by atoms with van der Waals surface area (Å²) in [7, 11) is 0. The van der Waals surface area contributed by atoms with Crippen molar-refractivity contribution < 1.29 is 18.3 Å². The Bertz CT molecular complexity index is 392. The molecule has 1 saturated heterocycles. The summed E-state index contributed by atoms with van der Waals surface area (Å²) in [6.07, 6.45) is -3.51. The number of aliphatic hydroxyl groups excluding tert-OH is 1. The van der Waals surface area contributed by atoms with Crippen LogP contribution in [0.25, 0.3) is 0 Å². The minimum Gasteiger partial charge on any atom is -0.391 e. The molecule has 1 atom stereocenters. The van der Waals surface area contributed by atoms with Gasteiger partial charge in [0.25, 0.3) is 0 Å². The summed E-state index contributed by atoms with van der Waals surface area (Å²) in [5, 5.41) is 9.51. The Labute approximate surface area is 97.7 Å². The number of aliphatic hydroxyl groups is 1. The minimum atomic E-state index is -4.35. The third-order valence-electron chi connectivity index (χ3n) is 2.95. The number of benzene rings is 1. The van der Waals surface area contributed by atoms with E-state index in [1.54, 1.807) is 11.0 Å². The van der Waals surface area contributed by atoms with Crippen molar-refractivity contribution >= 4 is 5.69 Å². The third kappa shape index (κ3) is 2.72. The molecule has 0 spiro atoms. The summed E-state index contributed by atoms with van der Waals surface area (Å²) in [6, 6.07) is 5.51.